The van der Waals surface area contributed by atoms with Crippen LogP contribution in [0.1, 0.15) is 22.3 Å². The van der Waals surface area contributed by atoms with Gasteiger partial charge in [-0.3, -0.25) is 4.21 Å². The summed E-state index contributed by atoms with van der Waals surface area (Å²) in [5.41, 5.74) is 3.50. The van der Waals surface area contributed by atoms with E-state index >= 15 is 0 Å². The minimum absolute atomic E-state index is 0.336. The summed E-state index contributed by atoms with van der Waals surface area (Å²) in [6, 6.07) is 13.2. The molecule has 0 aliphatic rings. The highest BCUT2D eigenvalue weighted by molar-refractivity contribution is 7.84. The van der Waals surface area contributed by atoms with E-state index in [2.05, 4.69) is 6.07 Å². The van der Waals surface area contributed by atoms with Crippen molar-refractivity contribution >= 4 is 10.8 Å². The largest absolute Gasteiger partial charge is 0.496 e. The number of nitrogens with zero attached hydrogens (tertiary/aromatic N) is 1. The van der Waals surface area contributed by atoms with Crippen LogP contribution in [0.5, 0.6) is 5.75 Å². The lowest BCUT2D eigenvalue weighted by Crippen LogP contribution is -2.01. The molecule has 0 aliphatic carbocycles. The Hall–Kier alpha value is -2.12. The minimum Gasteiger partial charge on any atom is -0.496 e. The number of hydrogen-bond donors (Lipinski definition) is 0. The summed E-state index contributed by atoms with van der Waals surface area (Å²) in [5.74, 6) is 0.995. The standard InChI is InChI=1S/C17H17NO2S/c1-12-4-7-17(13(2)8-12)21(19)11-15-9-14(10-18)5-6-16(15)20-3/h4-9H,11H2,1-3H3. The van der Waals surface area contributed by atoms with E-state index in [0.29, 0.717) is 17.1 Å². The molecule has 0 spiro atoms. The monoisotopic (exact) mass is 299 g/mol. The molecule has 0 heterocycles. The maximum absolute atomic E-state index is 12.6. The lowest BCUT2D eigenvalue weighted by molar-refractivity contribution is 0.411. The lowest BCUT2D eigenvalue weighted by atomic mass is 10.1. The molecule has 2 aromatic carbocycles. The molecule has 4 heteroatoms. The fraction of sp³-hybridized carbons (Fsp3) is 0.235. The van der Waals surface area contributed by atoms with E-state index in [1.165, 1.54) is 0 Å². The summed E-state index contributed by atoms with van der Waals surface area (Å²) in [5, 5.41) is 8.98. The molecular weight excluding hydrogens is 282 g/mol. The van der Waals surface area contributed by atoms with Gasteiger partial charge in [0.15, 0.2) is 0 Å². The Labute approximate surface area is 127 Å². The molecule has 0 amide bonds. The Morgan fingerprint density at radius 3 is 2.57 bits per heavy atom. The number of benzene rings is 2. The second kappa shape index (κ2) is 6.55. The Morgan fingerprint density at radius 2 is 1.95 bits per heavy atom. The molecule has 0 bridgehead atoms. The molecule has 0 saturated carbocycles. The third-order valence-corrected chi connectivity index (χ3v) is 4.79. The summed E-state index contributed by atoms with van der Waals surface area (Å²) in [6.07, 6.45) is 0. The molecule has 2 aromatic rings. The molecule has 0 fully saturated rings. The van der Waals surface area contributed by atoms with Crippen LogP contribution in [-0.4, -0.2) is 11.3 Å². The van der Waals surface area contributed by atoms with Gasteiger partial charge in [0.25, 0.3) is 0 Å². The van der Waals surface area contributed by atoms with E-state index in [0.717, 1.165) is 21.6 Å². The molecule has 0 radical (unpaired) electrons. The molecule has 2 rings (SSSR count). The SMILES string of the molecule is COc1ccc(C#N)cc1CS(=O)c1ccc(C)cc1C. The number of nitriles is 1. The van der Waals surface area contributed by atoms with Crippen LogP contribution in [-0.2, 0) is 16.6 Å². The van der Waals surface area contributed by atoms with E-state index in [1.807, 2.05) is 32.0 Å². The van der Waals surface area contributed by atoms with Gasteiger partial charge in [-0.1, -0.05) is 17.7 Å². The van der Waals surface area contributed by atoms with Crippen LogP contribution >= 0.6 is 0 Å². The van der Waals surface area contributed by atoms with Gasteiger partial charge in [-0.05, 0) is 43.7 Å². The van der Waals surface area contributed by atoms with Crippen LogP contribution in [0.4, 0.5) is 0 Å². The molecule has 21 heavy (non-hydrogen) atoms. The van der Waals surface area contributed by atoms with Gasteiger partial charge in [-0.25, -0.2) is 0 Å². The zero-order valence-electron chi connectivity index (χ0n) is 12.3. The Kier molecular flexibility index (Phi) is 4.77. The van der Waals surface area contributed by atoms with Crippen molar-refractivity contribution in [2.75, 3.05) is 7.11 Å². The van der Waals surface area contributed by atoms with Crippen LogP contribution in [0.3, 0.4) is 0 Å². The van der Waals surface area contributed by atoms with Crippen molar-refractivity contribution in [3.8, 4) is 11.8 Å². The van der Waals surface area contributed by atoms with E-state index < -0.39 is 10.8 Å². The number of aryl methyl sites for hydroxylation is 2. The van der Waals surface area contributed by atoms with Crippen LogP contribution in [0.2, 0.25) is 0 Å². The summed E-state index contributed by atoms with van der Waals surface area (Å²) < 4.78 is 17.9. The second-order valence-electron chi connectivity index (χ2n) is 4.90. The number of methoxy groups -OCH3 is 1. The maximum Gasteiger partial charge on any atom is 0.123 e. The molecule has 3 nitrogen and oxygen atoms in total. The minimum atomic E-state index is -1.17. The molecule has 0 N–H and O–H groups in total. The third kappa shape index (κ3) is 3.50. The van der Waals surface area contributed by atoms with Crippen molar-refractivity contribution in [2.45, 2.75) is 24.5 Å². The predicted octanol–water partition coefficient (Wildman–Crippen LogP) is 3.49. The first-order chi connectivity index (χ1) is 10.0. The predicted molar refractivity (Wildman–Crippen MR) is 83.7 cm³/mol. The average molecular weight is 299 g/mol. The summed E-state index contributed by atoms with van der Waals surface area (Å²) in [7, 11) is 0.409. The highest BCUT2D eigenvalue weighted by Crippen LogP contribution is 2.24. The van der Waals surface area contributed by atoms with Gasteiger partial charge in [-0.15, -0.1) is 0 Å². The first-order valence-electron chi connectivity index (χ1n) is 6.58. The summed E-state index contributed by atoms with van der Waals surface area (Å²) in [4.78, 5) is 0.824. The van der Waals surface area contributed by atoms with Crippen LogP contribution in [0.15, 0.2) is 41.3 Å². The molecule has 108 valence electrons. The molecule has 0 saturated heterocycles. The normalized spacial score (nSPS) is 11.7. The van der Waals surface area contributed by atoms with Gasteiger partial charge in [0, 0.05) is 10.5 Å². The van der Waals surface area contributed by atoms with Crippen molar-refractivity contribution in [3.05, 3.63) is 58.7 Å². The fourth-order valence-corrected chi connectivity index (χ4v) is 3.54. The second-order valence-corrected chi connectivity index (χ2v) is 6.32. The van der Waals surface area contributed by atoms with Crippen molar-refractivity contribution in [1.82, 2.24) is 0 Å². The average Bonchev–Trinajstić information content (AvgIpc) is 2.46. The van der Waals surface area contributed by atoms with E-state index in [-0.39, 0.29) is 0 Å². The Bertz CT molecular complexity index is 732. The first-order valence-corrected chi connectivity index (χ1v) is 7.89. The topological polar surface area (TPSA) is 50.1 Å². The Balaban J connectivity index is 2.33. The first kappa shape index (κ1) is 15.3. The van der Waals surface area contributed by atoms with Gasteiger partial charge in [-0.2, -0.15) is 5.26 Å². The zero-order chi connectivity index (χ0) is 15.4. The summed E-state index contributed by atoms with van der Waals surface area (Å²) in [6.45, 7) is 3.97. The number of rotatable bonds is 4. The van der Waals surface area contributed by atoms with Gasteiger partial charge in [0.2, 0.25) is 0 Å². The van der Waals surface area contributed by atoms with Crippen LogP contribution in [0, 0.1) is 25.2 Å². The highest BCUT2D eigenvalue weighted by atomic mass is 32.2. The van der Waals surface area contributed by atoms with Gasteiger partial charge < -0.3 is 4.74 Å². The van der Waals surface area contributed by atoms with Gasteiger partial charge in [0.05, 0.1) is 35.3 Å². The quantitative estimate of drug-likeness (QED) is 0.868. The van der Waals surface area contributed by atoms with E-state index in [1.54, 1.807) is 25.3 Å². The smallest absolute Gasteiger partial charge is 0.123 e. The molecule has 0 aromatic heterocycles. The van der Waals surface area contributed by atoms with Gasteiger partial charge >= 0.3 is 0 Å². The van der Waals surface area contributed by atoms with Crippen LogP contribution in [0.25, 0.3) is 0 Å². The fourth-order valence-electron chi connectivity index (χ4n) is 2.23. The number of hydrogen-bond acceptors (Lipinski definition) is 3. The Morgan fingerprint density at radius 1 is 1.19 bits per heavy atom. The lowest BCUT2D eigenvalue weighted by Gasteiger charge is -2.10. The molecule has 0 aliphatic heterocycles. The molecule has 1 atom stereocenters. The van der Waals surface area contributed by atoms with E-state index in [9.17, 15) is 4.21 Å². The number of ether oxygens (including phenoxy) is 1. The highest BCUT2D eigenvalue weighted by Gasteiger charge is 2.12. The zero-order valence-corrected chi connectivity index (χ0v) is 13.2. The maximum atomic E-state index is 12.6. The van der Waals surface area contributed by atoms with Crippen LogP contribution < -0.4 is 4.74 Å². The molecule has 1 unspecified atom stereocenters. The van der Waals surface area contributed by atoms with Crippen molar-refractivity contribution in [3.63, 3.8) is 0 Å². The van der Waals surface area contributed by atoms with Crippen molar-refractivity contribution in [1.29, 1.82) is 5.26 Å². The summed E-state index contributed by atoms with van der Waals surface area (Å²) >= 11 is 0. The van der Waals surface area contributed by atoms with Gasteiger partial charge in [0.1, 0.15) is 5.75 Å². The van der Waals surface area contributed by atoms with Crippen molar-refractivity contribution < 1.29 is 8.95 Å². The third-order valence-electron chi connectivity index (χ3n) is 3.27. The van der Waals surface area contributed by atoms with Crippen molar-refractivity contribution in [2.24, 2.45) is 0 Å². The van der Waals surface area contributed by atoms with E-state index in [4.69, 9.17) is 10.00 Å². The molecular formula is C17H17NO2S.